The molecule has 2 unspecified atom stereocenters. The van der Waals surface area contributed by atoms with Crippen molar-refractivity contribution in [3.8, 4) is 0 Å². The zero-order valence-electron chi connectivity index (χ0n) is 22.6. The molecule has 8 nitrogen and oxygen atoms in total. The summed E-state index contributed by atoms with van der Waals surface area (Å²) in [7, 11) is 0. The van der Waals surface area contributed by atoms with Crippen LogP contribution < -0.4 is 5.73 Å². The third-order valence-electron chi connectivity index (χ3n) is 8.03. The number of carbonyl (C=O) groups is 2. The van der Waals surface area contributed by atoms with Crippen molar-refractivity contribution in [3.05, 3.63) is 35.9 Å². The molecule has 2 aliphatic heterocycles. The number of hydrogen-bond acceptors (Lipinski definition) is 5. The van der Waals surface area contributed by atoms with Crippen molar-refractivity contribution in [1.29, 1.82) is 0 Å². The first-order chi connectivity index (χ1) is 18.0. The predicted molar refractivity (Wildman–Crippen MR) is 147 cm³/mol. The highest BCUT2D eigenvalue weighted by Crippen LogP contribution is 2.28. The molecule has 0 saturated carbocycles. The largest absolute Gasteiger partial charge is 0.465 e. The molecule has 2 amide bonds. The molecule has 208 valence electrons. The minimum atomic E-state index is -0.819. The summed E-state index contributed by atoms with van der Waals surface area (Å²) in [6, 6.07) is 11.2. The van der Waals surface area contributed by atoms with Crippen LogP contribution in [0.1, 0.15) is 88.7 Å². The molecule has 2 heterocycles. The highest BCUT2D eigenvalue weighted by atomic mass is 16.5. The molecule has 2 saturated heterocycles. The number of benzene rings is 1. The fourth-order valence-electron chi connectivity index (χ4n) is 5.99. The third kappa shape index (κ3) is 10.5. The average molecular weight is 517 g/mol. The van der Waals surface area contributed by atoms with Crippen LogP contribution in [0.15, 0.2) is 30.3 Å². The van der Waals surface area contributed by atoms with Crippen LogP contribution in [0.25, 0.3) is 0 Å². The van der Waals surface area contributed by atoms with Gasteiger partial charge in [-0.05, 0) is 83.1 Å². The maximum Gasteiger partial charge on any atom is 0.407 e. The fraction of sp³-hybridized carbons (Fsp3) is 0.724. The Morgan fingerprint density at radius 2 is 1.49 bits per heavy atom. The molecule has 3 N–H and O–H groups in total. The van der Waals surface area contributed by atoms with E-state index in [0.717, 1.165) is 64.7 Å². The number of unbranched alkanes of at least 4 members (excludes halogenated alkanes) is 2. The van der Waals surface area contributed by atoms with Gasteiger partial charge >= 0.3 is 12.2 Å². The smallest absolute Gasteiger partial charge is 0.407 e. The molecule has 37 heavy (non-hydrogen) atoms. The molecular formula is C29H48N4O4. The Balaban J connectivity index is 1.44. The molecule has 0 aliphatic carbocycles. The summed E-state index contributed by atoms with van der Waals surface area (Å²) in [5, 5.41) is 9.88. The van der Waals surface area contributed by atoms with Crippen LogP contribution in [-0.2, 0) is 4.74 Å². The van der Waals surface area contributed by atoms with Gasteiger partial charge in [-0.3, -0.25) is 4.90 Å². The van der Waals surface area contributed by atoms with Crippen molar-refractivity contribution in [2.45, 2.75) is 89.1 Å². The number of primary amides is 1. The van der Waals surface area contributed by atoms with Crippen molar-refractivity contribution >= 4 is 12.2 Å². The first kappa shape index (κ1) is 29.2. The number of carboxylic acid groups (broad SMARTS) is 1. The Kier molecular flexibility index (Phi) is 13.0. The number of amides is 2. The fourth-order valence-corrected chi connectivity index (χ4v) is 5.99. The van der Waals surface area contributed by atoms with E-state index in [2.05, 4.69) is 34.1 Å². The molecule has 2 fully saturated rings. The maximum absolute atomic E-state index is 12.0. The van der Waals surface area contributed by atoms with Gasteiger partial charge in [0.25, 0.3) is 0 Å². The zero-order chi connectivity index (χ0) is 26.3. The van der Waals surface area contributed by atoms with Crippen LogP contribution >= 0.6 is 0 Å². The predicted octanol–water partition coefficient (Wildman–Crippen LogP) is 5.48. The van der Waals surface area contributed by atoms with Crippen LogP contribution in [0.3, 0.4) is 0 Å². The van der Waals surface area contributed by atoms with Crippen LogP contribution in [0.2, 0.25) is 0 Å². The van der Waals surface area contributed by atoms with E-state index in [-0.39, 0.29) is 6.04 Å². The molecule has 2 atom stereocenters. The molecule has 1 aromatic carbocycles. The molecule has 3 rings (SSSR count). The average Bonchev–Trinajstić information content (AvgIpc) is 2.92. The van der Waals surface area contributed by atoms with Gasteiger partial charge in [-0.15, -0.1) is 0 Å². The molecule has 0 bridgehead atoms. The molecule has 1 aromatic rings. The Morgan fingerprint density at radius 3 is 2.11 bits per heavy atom. The minimum Gasteiger partial charge on any atom is -0.465 e. The Morgan fingerprint density at radius 1 is 0.838 bits per heavy atom. The van der Waals surface area contributed by atoms with E-state index in [0.29, 0.717) is 25.7 Å². The van der Waals surface area contributed by atoms with Gasteiger partial charge in [0.05, 0.1) is 6.61 Å². The number of nitrogens with two attached hydrogens (primary N) is 1. The van der Waals surface area contributed by atoms with Crippen LogP contribution in [0.5, 0.6) is 0 Å². The van der Waals surface area contributed by atoms with Crippen molar-refractivity contribution in [3.63, 3.8) is 0 Å². The summed E-state index contributed by atoms with van der Waals surface area (Å²) in [5.74, 6) is 0. The Labute approximate surface area is 223 Å². The van der Waals surface area contributed by atoms with E-state index >= 15 is 0 Å². The number of hydrogen-bond donors (Lipinski definition) is 2. The van der Waals surface area contributed by atoms with E-state index in [4.69, 9.17) is 10.5 Å². The van der Waals surface area contributed by atoms with E-state index in [9.17, 15) is 14.7 Å². The van der Waals surface area contributed by atoms with Crippen LogP contribution in [-0.4, -0.2) is 83.9 Å². The summed E-state index contributed by atoms with van der Waals surface area (Å²) >= 11 is 0. The first-order valence-corrected chi connectivity index (χ1v) is 14.5. The lowest BCUT2D eigenvalue weighted by Crippen LogP contribution is -2.40. The highest BCUT2D eigenvalue weighted by Gasteiger charge is 2.24. The van der Waals surface area contributed by atoms with Crippen molar-refractivity contribution in [2.24, 2.45) is 5.73 Å². The number of piperidine rings is 2. The van der Waals surface area contributed by atoms with Gasteiger partial charge in [0.1, 0.15) is 0 Å². The van der Waals surface area contributed by atoms with Crippen LogP contribution in [0, 0.1) is 0 Å². The summed E-state index contributed by atoms with van der Waals surface area (Å²) < 4.78 is 5.01. The van der Waals surface area contributed by atoms with Gasteiger partial charge in [0.2, 0.25) is 0 Å². The van der Waals surface area contributed by atoms with E-state index in [1.807, 2.05) is 6.07 Å². The second kappa shape index (κ2) is 16.5. The molecule has 0 radical (unpaired) electrons. The third-order valence-corrected chi connectivity index (χ3v) is 8.03. The Bertz CT molecular complexity index is 781. The van der Waals surface area contributed by atoms with Gasteiger partial charge in [0.15, 0.2) is 0 Å². The number of likely N-dealkylation sites (tertiary alicyclic amines) is 2. The first-order valence-electron chi connectivity index (χ1n) is 14.5. The van der Waals surface area contributed by atoms with Gasteiger partial charge in [0, 0.05) is 25.2 Å². The number of ether oxygens (including phenoxy) is 1. The molecule has 0 aromatic heterocycles. The monoisotopic (exact) mass is 516 g/mol. The lowest BCUT2D eigenvalue weighted by atomic mass is 9.98. The molecule has 0 spiro atoms. The summed E-state index contributed by atoms with van der Waals surface area (Å²) in [6.45, 7) is 5.90. The quantitative estimate of drug-likeness (QED) is 0.299. The molecular weight excluding hydrogens is 468 g/mol. The number of rotatable bonds is 15. The Hall–Kier alpha value is -2.32. The van der Waals surface area contributed by atoms with Crippen LogP contribution in [0.4, 0.5) is 9.59 Å². The zero-order valence-corrected chi connectivity index (χ0v) is 22.6. The van der Waals surface area contributed by atoms with Gasteiger partial charge in [-0.2, -0.15) is 0 Å². The van der Waals surface area contributed by atoms with Crippen molar-refractivity contribution in [2.75, 3.05) is 45.9 Å². The number of carbonyl (C=O) groups excluding carboxylic acids is 1. The van der Waals surface area contributed by atoms with Crippen molar-refractivity contribution < 1.29 is 19.4 Å². The topological polar surface area (TPSA) is 99.3 Å². The van der Waals surface area contributed by atoms with E-state index < -0.39 is 12.2 Å². The van der Waals surface area contributed by atoms with Gasteiger partial charge in [-0.1, -0.05) is 56.0 Å². The van der Waals surface area contributed by atoms with Gasteiger partial charge < -0.3 is 25.4 Å². The number of nitrogens with zero attached hydrogens (tertiary/aromatic N) is 3. The lowest BCUT2D eigenvalue weighted by molar-refractivity contribution is 0.107. The maximum atomic E-state index is 12.0. The van der Waals surface area contributed by atoms with Gasteiger partial charge in [-0.25, -0.2) is 9.59 Å². The summed E-state index contributed by atoms with van der Waals surface area (Å²) in [5.41, 5.74) is 6.43. The second-order valence-electron chi connectivity index (χ2n) is 10.6. The normalized spacial score (nSPS) is 18.7. The molecule has 8 heteroatoms. The summed E-state index contributed by atoms with van der Waals surface area (Å²) in [6.07, 6.45) is 11.5. The van der Waals surface area contributed by atoms with E-state index in [1.54, 1.807) is 4.90 Å². The highest BCUT2D eigenvalue weighted by molar-refractivity contribution is 5.65. The standard InChI is InChI=1S/C29H48N4O4/c30-28(34)37-24-17-26(31-18-9-3-10-19-31)15-7-2-8-22-33(29(35)36)23-16-27(25-13-5-1-6-14-25)32-20-11-4-12-21-32/h1,5-6,13-14,26-27H,2-4,7-12,15-24H2,(H2,30,34)(H,35,36). The SMILES string of the molecule is NC(=O)OCCC(CCCCCN(CCC(c1ccccc1)N1CCCCC1)C(=O)O)N1CCCCC1. The minimum absolute atomic E-state index is 0.274. The summed E-state index contributed by atoms with van der Waals surface area (Å²) in [4.78, 5) is 29.7. The lowest BCUT2D eigenvalue weighted by Gasteiger charge is -2.36. The molecule has 2 aliphatic rings. The second-order valence-corrected chi connectivity index (χ2v) is 10.6. The van der Waals surface area contributed by atoms with E-state index in [1.165, 1.54) is 44.1 Å². The van der Waals surface area contributed by atoms with Crippen molar-refractivity contribution in [1.82, 2.24) is 14.7 Å².